The van der Waals surface area contributed by atoms with E-state index in [1.54, 1.807) is 0 Å². The van der Waals surface area contributed by atoms with Crippen LogP contribution in [0.4, 0.5) is 4.39 Å². The third kappa shape index (κ3) is 9.10. The summed E-state index contributed by atoms with van der Waals surface area (Å²) >= 11 is 0. The van der Waals surface area contributed by atoms with Gasteiger partial charge in [0.2, 0.25) is 0 Å². The van der Waals surface area contributed by atoms with E-state index in [1.165, 1.54) is 88.2 Å². The average Bonchev–Trinajstić information content (AvgIpc) is 2.97. The first kappa shape index (κ1) is 29.1. The Labute approximate surface area is 237 Å². The lowest BCUT2D eigenvalue weighted by molar-refractivity contribution is 0.254. The molecule has 1 fully saturated rings. The van der Waals surface area contributed by atoms with Crippen molar-refractivity contribution in [1.82, 2.24) is 0 Å². The minimum atomic E-state index is -0.202. The van der Waals surface area contributed by atoms with Crippen molar-refractivity contribution in [3.8, 4) is 11.8 Å². The number of rotatable bonds is 12. The third-order valence-corrected chi connectivity index (χ3v) is 8.67. The highest BCUT2D eigenvalue weighted by Gasteiger charge is 2.20. The van der Waals surface area contributed by atoms with Crippen LogP contribution in [0.1, 0.15) is 113 Å². The molecule has 1 saturated carbocycles. The second kappa shape index (κ2) is 15.7. The van der Waals surface area contributed by atoms with Crippen LogP contribution in [0, 0.1) is 29.5 Å². The van der Waals surface area contributed by atoms with Crippen LogP contribution in [0.3, 0.4) is 0 Å². The predicted molar refractivity (Wildman–Crippen MR) is 167 cm³/mol. The summed E-state index contributed by atoms with van der Waals surface area (Å²) in [6.07, 6.45) is 22.5. The Bertz CT molecular complexity index is 1250. The third-order valence-electron chi connectivity index (χ3n) is 8.67. The molecule has 1 heteroatoms. The summed E-state index contributed by atoms with van der Waals surface area (Å²) in [5.41, 5.74) is 4.09. The van der Waals surface area contributed by atoms with Crippen molar-refractivity contribution in [3.05, 3.63) is 94.8 Å². The average molecular weight is 523 g/mol. The van der Waals surface area contributed by atoms with Crippen LogP contribution in [-0.2, 0) is 12.8 Å². The van der Waals surface area contributed by atoms with Crippen LogP contribution >= 0.6 is 0 Å². The van der Waals surface area contributed by atoms with Gasteiger partial charge in [0.15, 0.2) is 0 Å². The van der Waals surface area contributed by atoms with Gasteiger partial charge >= 0.3 is 0 Å². The second-order valence-electron chi connectivity index (χ2n) is 11.7. The van der Waals surface area contributed by atoms with Crippen LogP contribution in [-0.4, -0.2) is 0 Å². The van der Waals surface area contributed by atoms with Gasteiger partial charge in [-0.05, 0) is 92.0 Å². The van der Waals surface area contributed by atoms with Crippen molar-refractivity contribution in [3.63, 3.8) is 0 Å². The molecule has 0 aromatic heterocycles. The first-order chi connectivity index (χ1) is 19.2. The van der Waals surface area contributed by atoms with E-state index in [4.69, 9.17) is 0 Å². The molecular formula is C38H47F. The van der Waals surface area contributed by atoms with E-state index < -0.39 is 0 Å². The van der Waals surface area contributed by atoms with Crippen LogP contribution in [0.5, 0.6) is 0 Å². The Morgan fingerprint density at radius 3 is 2.23 bits per heavy atom. The zero-order chi connectivity index (χ0) is 27.3. The number of halogens is 1. The minimum absolute atomic E-state index is 0.202. The van der Waals surface area contributed by atoms with Crippen LogP contribution in [0.15, 0.2) is 66.7 Å². The largest absolute Gasteiger partial charge is 0.205 e. The molecule has 0 unspecified atom stereocenters. The minimum Gasteiger partial charge on any atom is -0.205 e. The fourth-order valence-electron chi connectivity index (χ4n) is 6.10. The summed E-state index contributed by atoms with van der Waals surface area (Å²) < 4.78 is 15.3. The van der Waals surface area contributed by atoms with Crippen molar-refractivity contribution >= 4 is 10.8 Å². The SMILES string of the molecule is C/C=C/CCC1CCC(CCc2ccc3c(F)c(C#Cc4ccc(CCCCCCC)cc4)ccc3c2)CC1. The molecule has 0 bridgehead atoms. The van der Waals surface area contributed by atoms with Gasteiger partial charge in [0.05, 0.1) is 5.56 Å². The van der Waals surface area contributed by atoms with E-state index >= 15 is 4.39 Å². The number of unbranched alkanes of at least 4 members (excludes halogenated alkanes) is 4. The molecular weight excluding hydrogens is 475 g/mol. The first-order valence-corrected chi connectivity index (χ1v) is 15.6. The summed E-state index contributed by atoms with van der Waals surface area (Å²) in [5.74, 6) is 7.81. The van der Waals surface area contributed by atoms with Gasteiger partial charge in [0, 0.05) is 10.9 Å². The lowest BCUT2D eigenvalue weighted by Gasteiger charge is -2.28. The topological polar surface area (TPSA) is 0 Å². The summed E-state index contributed by atoms with van der Waals surface area (Å²) in [4.78, 5) is 0. The maximum atomic E-state index is 15.3. The highest BCUT2D eigenvalue weighted by Crippen LogP contribution is 2.34. The molecule has 1 aliphatic carbocycles. The molecule has 0 radical (unpaired) electrons. The second-order valence-corrected chi connectivity index (χ2v) is 11.7. The Morgan fingerprint density at radius 2 is 1.49 bits per heavy atom. The highest BCUT2D eigenvalue weighted by atomic mass is 19.1. The van der Waals surface area contributed by atoms with Crippen molar-refractivity contribution in [1.29, 1.82) is 0 Å². The van der Waals surface area contributed by atoms with Gasteiger partial charge in [-0.15, -0.1) is 0 Å². The molecule has 0 amide bonds. The molecule has 0 nitrogen and oxygen atoms in total. The summed E-state index contributed by atoms with van der Waals surface area (Å²) in [6, 6.07) is 18.6. The standard InChI is InChI=1S/C38H47F/c1-3-5-7-8-10-12-31-15-19-33(20-16-31)23-25-35-26-27-36-29-34(24-28-37(36)38(35)39)22-21-32-17-13-30(14-18-32)11-9-6-4-2/h4,6,15-16,19-20,24,26-30,32H,3,5,7-14,17-18,21-22H2,1-2H3/b6-4+. The van der Waals surface area contributed by atoms with E-state index in [2.05, 4.69) is 74.2 Å². The number of allylic oxidation sites excluding steroid dienone is 2. The summed E-state index contributed by atoms with van der Waals surface area (Å²) in [5, 5.41) is 1.65. The molecule has 0 atom stereocenters. The lowest BCUT2D eigenvalue weighted by Crippen LogP contribution is -2.15. The maximum Gasteiger partial charge on any atom is 0.146 e. The molecule has 0 heterocycles. The van der Waals surface area contributed by atoms with Crippen LogP contribution in [0.2, 0.25) is 0 Å². The smallest absolute Gasteiger partial charge is 0.146 e. The van der Waals surface area contributed by atoms with Crippen molar-refractivity contribution in [2.45, 2.75) is 104 Å². The van der Waals surface area contributed by atoms with Crippen LogP contribution < -0.4 is 0 Å². The molecule has 0 N–H and O–H groups in total. The van der Waals surface area contributed by atoms with Gasteiger partial charge < -0.3 is 0 Å². The van der Waals surface area contributed by atoms with Gasteiger partial charge in [-0.2, -0.15) is 0 Å². The van der Waals surface area contributed by atoms with E-state index in [0.29, 0.717) is 10.9 Å². The first-order valence-electron chi connectivity index (χ1n) is 15.6. The van der Waals surface area contributed by atoms with E-state index in [0.717, 1.165) is 35.6 Å². The number of benzene rings is 3. The molecule has 3 aromatic carbocycles. The molecule has 39 heavy (non-hydrogen) atoms. The molecule has 206 valence electrons. The Hall–Kier alpha value is -2.85. The normalized spacial score (nSPS) is 17.4. The van der Waals surface area contributed by atoms with Gasteiger partial charge in [-0.25, -0.2) is 4.39 Å². The Morgan fingerprint density at radius 1 is 0.769 bits per heavy atom. The quantitative estimate of drug-likeness (QED) is 0.126. The fourth-order valence-corrected chi connectivity index (χ4v) is 6.10. The van der Waals surface area contributed by atoms with Gasteiger partial charge in [-0.3, -0.25) is 0 Å². The maximum absolute atomic E-state index is 15.3. The zero-order valence-corrected chi connectivity index (χ0v) is 24.3. The number of aryl methyl sites for hydroxylation is 2. The highest BCUT2D eigenvalue weighted by molar-refractivity contribution is 5.85. The van der Waals surface area contributed by atoms with Gasteiger partial charge in [0.1, 0.15) is 5.82 Å². The summed E-state index contributed by atoms with van der Waals surface area (Å²) in [7, 11) is 0. The monoisotopic (exact) mass is 522 g/mol. The van der Waals surface area contributed by atoms with E-state index in [-0.39, 0.29) is 5.82 Å². The molecule has 4 rings (SSSR count). The van der Waals surface area contributed by atoms with Crippen LogP contribution in [0.25, 0.3) is 10.8 Å². The number of fused-ring (bicyclic) bond motifs is 1. The summed E-state index contributed by atoms with van der Waals surface area (Å²) in [6.45, 7) is 4.36. The molecule has 3 aromatic rings. The van der Waals surface area contributed by atoms with E-state index in [9.17, 15) is 0 Å². The van der Waals surface area contributed by atoms with E-state index in [1.807, 2.05) is 18.2 Å². The van der Waals surface area contributed by atoms with Crippen molar-refractivity contribution in [2.24, 2.45) is 11.8 Å². The van der Waals surface area contributed by atoms with Crippen molar-refractivity contribution in [2.75, 3.05) is 0 Å². The predicted octanol–water partition coefficient (Wildman–Crippen LogP) is 11.0. The number of hydrogen-bond acceptors (Lipinski definition) is 0. The van der Waals surface area contributed by atoms with Gasteiger partial charge in [0.25, 0.3) is 0 Å². The lowest BCUT2D eigenvalue weighted by atomic mass is 9.78. The number of hydrogen-bond donors (Lipinski definition) is 0. The molecule has 0 saturated heterocycles. The molecule has 0 spiro atoms. The molecule has 0 aliphatic heterocycles. The Kier molecular flexibility index (Phi) is 11.7. The van der Waals surface area contributed by atoms with Crippen molar-refractivity contribution < 1.29 is 4.39 Å². The van der Waals surface area contributed by atoms with Gasteiger partial charge in [-0.1, -0.05) is 119 Å². The molecule has 1 aliphatic rings. The Balaban J connectivity index is 1.30. The zero-order valence-electron chi connectivity index (χ0n) is 24.3. The fraction of sp³-hybridized carbons (Fsp3) is 0.474.